The molecule has 60 valence electrons. The molecule has 0 aliphatic heterocycles. The highest BCUT2D eigenvalue weighted by Crippen LogP contribution is 2.21. The molecule has 0 saturated heterocycles. The number of hydrogen-bond acceptors (Lipinski definition) is 3. The van der Waals surface area contributed by atoms with Gasteiger partial charge in [-0.05, 0) is 17.7 Å². The molecule has 0 N–H and O–H groups in total. The van der Waals surface area contributed by atoms with Crippen LogP contribution < -0.4 is 0 Å². The average Bonchev–Trinajstić information content (AvgIpc) is 2.43. The van der Waals surface area contributed by atoms with Crippen LogP contribution >= 0.6 is 11.6 Å². The number of carbonyl (C=O) groups is 1. The molecule has 0 bridgehead atoms. The van der Waals surface area contributed by atoms with Crippen molar-refractivity contribution in [1.29, 1.82) is 0 Å². The summed E-state index contributed by atoms with van der Waals surface area (Å²) in [5, 5.41) is 1.02. The van der Waals surface area contributed by atoms with Gasteiger partial charge in [-0.2, -0.15) is 0 Å². The van der Waals surface area contributed by atoms with E-state index >= 15 is 0 Å². The van der Waals surface area contributed by atoms with Crippen molar-refractivity contribution >= 4 is 29.0 Å². The summed E-state index contributed by atoms with van der Waals surface area (Å²) in [5.41, 5.74) is 0.963. The Bertz CT molecular complexity index is 436. The number of halogens is 1. The van der Waals surface area contributed by atoms with Crippen molar-refractivity contribution in [1.82, 2.24) is 4.98 Å². The minimum Gasteiger partial charge on any atom is -0.426 e. The minimum absolute atomic E-state index is 0.278. The lowest BCUT2D eigenvalue weighted by atomic mass is 10.2. The van der Waals surface area contributed by atoms with Crippen LogP contribution in [0.15, 0.2) is 22.7 Å². The van der Waals surface area contributed by atoms with E-state index in [1.165, 1.54) is 6.20 Å². The SMILES string of the molecule is O=Cc1cnc2oc(Cl)cc2c1. The summed E-state index contributed by atoms with van der Waals surface area (Å²) in [6.07, 6.45) is 2.17. The first-order valence-electron chi connectivity index (χ1n) is 3.30. The predicted octanol–water partition coefficient (Wildman–Crippen LogP) is 2.29. The van der Waals surface area contributed by atoms with Crippen molar-refractivity contribution < 1.29 is 9.21 Å². The standard InChI is InChI=1S/C8H4ClNO2/c9-7-2-6-1-5(4-11)3-10-8(6)12-7/h1-4H. The van der Waals surface area contributed by atoms with Crippen molar-refractivity contribution in [3.63, 3.8) is 0 Å². The minimum atomic E-state index is 0.278. The van der Waals surface area contributed by atoms with Crippen LogP contribution in [0.5, 0.6) is 0 Å². The molecule has 4 heteroatoms. The third kappa shape index (κ3) is 1.08. The van der Waals surface area contributed by atoms with E-state index in [-0.39, 0.29) is 5.22 Å². The summed E-state index contributed by atoms with van der Waals surface area (Å²) < 4.78 is 5.01. The second kappa shape index (κ2) is 2.60. The Labute approximate surface area is 73.0 Å². The van der Waals surface area contributed by atoms with Crippen molar-refractivity contribution in [2.75, 3.05) is 0 Å². The maximum absolute atomic E-state index is 10.4. The fourth-order valence-corrected chi connectivity index (χ4v) is 1.17. The molecule has 12 heavy (non-hydrogen) atoms. The van der Waals surface area contributed by atoms with Gasteiger partial charge in [-0.15, -0.1) is 0 Å². The Morgan fingerprint density at radius 3 is 3.08 bits per heavy atom. The number of aldehydes is 1. The predicted molar refractivity (Wildman–Crippen MR) is 44.4 cm³/mol. The normalized spacial score (nSPS) is 10.4. The van der Waals surface area contributed by atoms with Gasteiger partial charge in [-0.3, -0.25) is 4.79 Å². The lowest BCUT2D eigenvalue weighted by molar-refractivity contribution is 0.112. The zero-order valence-corrected chi connectivity index (χ0v) is 6.71. The molecule has 3 nitrogen and oxygen atoms in total. The van der Waals surface area contributed by atoms with Crippen LogP contribution in [-0.2, 0) is 0 Å². The van der Waals surface area contributed by atoms with Crippen LogP contribution in [-0.4, -0.2) is 11.3 Å². The zero-order chi connectivity index (χ0) is 8.55. The van der Waals surface area contributed by atoms with E-state index in [1.807, 2.05) is 0 Å². The van der Waals surface area contributed by atoms with Gasteiger partial charge >= 0.3 is 0 Å². The second-order valence-electron chi connectivity index (χ2n) is 2.33. The molecular formula is C8H4ClNO2. The molecule has 0 fully saturated rings. The maximum atomic E-state index is 10.4. The van der Waals surface area contributed by atoms with E-state index < -0.39 is 0 Å². The summed E-state index contributed by atoms with van der Waals surface area (Å²) in [4.78, 5) is 14.2. The molecule has 2 aromatic rings. The third-order valence-electron chi connectivity index (χ3n) is 1.50. The Kier molecular flexibility index (Phi) is 1.59. The number of aromatic nitrogens is 1. The van der Waals surface area contributed by atoms with Crippen molar-refractivity contribution in [2.45, 2.75) is 0 Å². The highest BCUT2D eigenvalue weighted by molar-refractivity contribution is 6.29. The Morgan fingerprint density at radius 2 is 2.33 bits per heavy atom. The molecule has 2 aromatic heterocycles. The zero-order valence-electron chi connectivity index (χ0n) is 5.95. The van der Waals surface area contributed by atoms with E-state index in [4.69, 9.17) is 16.0 Å². The number of rotatable bonds is 1. The maximum Gasteiger partial charge on any atom is 0.228 e. The molecule has 0 aliphatic rings. The average molecular weight is 182 g/mol. The molecule has 0 radical (unpaired) electrons. The topological polar surface area (TPSA) is 43.1 Å². The molecule has 2 rings (SSSR count). The van der Waals surface area contributed by atoms with E-state index in [1.54, 1.807) is 12.1 Å². The molecular weight excluding hydrogens is 178 g/mol. The molecule has 0 unspecified atom stereocenters. The lowest BCUT2D eigenvalue weighted by Crippen LogP contribution is -1.80. The summed E-state index contributed by atoms with van der Waals surface area (Å²) in [5.74, 6) is 0. The fraction of sp³-hybridized carbons (Fsp3) is 0. The number of hydrogen-bond donors (Lipinski definition) is 0. The van der Waals surface area contributed by atoms with Crippen LogP contribution in [0.4, 0.5) is 0 Å². The summed E-state index contributed by atoms with van der Waals surface area (Å²) >= 11 is 5.58. The lowest BCUT2D eigenvalue weighted by Gasteiger charge is -1.87. The van der Waals surface area contributed by atoms with Gasteiger partial charge in [0.25, 0.3) is 0 Å². The van der Waals surface area contributed by atoms with Gasteiger partial charge < -0.3 is 4.42 Å². The molecule has 0 aliphatic carbocycles. The van der Waals surface area contributed by atoms with E-state index in [2.05, 4.69) is 4.98 Å². The van der Waals surface area contributed by atoms with Crippen LogP contribution in [0.3, 0.4) is 0 Å². The Balaban J connectivity index is 2.74. The Morgan fingerprint density at radius 1 is 1.50 bits per heavy atom. The molecule has 0 aromatic carbocycles. The highest BCUT2D eigenvalue weighted by Gasteiger charge is 2.02. The summed E-state index contributed by atoms with van der Waals surface area (Å²) in [6.45, 7) is 0. The molecule has 0 atom stereocenters. The highest BCUT2D eigenvalue weighted by atomic mass is 35.5. The van der Waals surface area contributed by atoms with Crippen molar-refractivity contribution in [3.05, 3.63) is 29.1 Å². The molecule has 2 heterocycles. The number of carbonyl (C=O) groups excluding carboxylic acids is 1. The van der Waals surface area contributed by atoms with Gasteiger partial charge in [0.1, 0.15) is 0 Å². The van der Waals surface area contributed by atoms with Gasteiger partial charge in [-0.1, -0.05) is 0 Å². The van der Waals surface area contributed by atoms with Gasteiger partial charge in [0.05, 0.1) is 0 Å². The van der Waals surface area contributed by atoms with Crippen LogP contribution in [0.1, 0.15) is 10.4 Å². The number of pyridine rings is 1. The largest absolute Gasteiger partial charge is 0.426 e. The second-order valence-corrected chi connectivity index (χ2v) is 2.70. The van der Waals surface area contributed by atoms with Crippen LogP contribution in [0.25, 0.3) is 11.1 Å². The summed E-state index contributed by atoms with van der Waals surface area (Å²) in [7, 11) is 0. The summed E-state index contributed by atoms with van der Waals surface area (Å²) in [6, 6.07) is 3.29. The van der Waals surface area contributed by atoms with Gasteiger partial charge in [-0.25, -0.2) is 4.98 Å². The smallest absolute Gasteiger partial charge is 0.228 e. The van der Waals surface area contributed by atoms with E-state index in [0.29, 0.717) is 11.3 Å². The first-order valence-corrected chi connectivity index (χ1v) is 3.67. The number of nitrogens with zero attached hydrogens (tertiary/aromatic N) is 1. The van der Waals surface area contributed by atoms with Crippen molar-refractivity contribution in [2.24, 2.45) is 0 Å². The Hall–Kier alpha value is -1.35. The first kappa shape index (κ1) is 7.31. The molecule has 0 spiro atoms. The van der Waals surface area contributed by atoms with Crippen molar-refractivity contribution in [3.8, 4) is 0 Å². The molecule has 0 saturated carbocycles. The van der Waals surface area contributed by atoms with Gasteiger partial charge in [0.2, 0.25) is 5.71 Å². The fourth-order valence-electron chi connectivity index (χ4n) is 0.983. The van der Waals surface area contributed by atoms with E-state index in [0.717, 1.165) is 11.7 Å². The quantitative estimate of drug-likeness (QED) is 0.634. The number of furan rings is 1. The number of fused-ring (bicyclic) bond motifs is 1. The van der Waals surface area contributed by atoms with Gasteiger partial charge in [0, 0.05) is 23.2 Å². The monoisotopic (exact) mass is 181 g/mol. The van der Waals surface area contributed by atoms with Crippen LogP contribution in [0, 0.1) is 0 Å². The first-order chi connectivity index (χ1) is 5.79. The molecule has 0 amide bonds. The van der Waals surface area contributed by atoms with E-state index in [9.17, 15) is 4.79 Å². The van der Waals surface area contributed by atoms with Gasteiger partial charge in [0.15, 0.2) is 11.5 Å². The van der Waals surface area contributed by atoms with Crippen LogP contribution in [0.2, 0.25) is 5.22 Å². The third-order valence-corrected chi connectivity index (χ3v) is 1.69.